The van der Waals surface area contributed by atoms with E-state index in [0.29, 0.717) is 16.8 Å². The third-order valence-electron chi connectivity index (χ3n) is 3.07. The number of hydrazone groups is 1. The van der Waals surface area contributed by atoms with Crippen molar-refractivity contribution in [2.24, 2.45) is 5.10 Å². The van der Waals surface area contributed by atoms with E-state index in [-0.39, 0.29) is 10.8 Å². The Bertz CT molecular complexity index is 821. The van der Waals surface area contributed by atoms with Crippen LogP contribution in [0.15, 0.2) is 53.6 Å². The number of nitrogens with one attached hydrogen (secondary N) is 2. The Labute approximate surface area is 148 Å². The van der Waals surface area contributed by atoms with Crippen molar-refractivity contribution in [3.05, 3.63) is 69.8 Å². The number of nitro groups is 1. The lowest BCUT2D eigenvalue weighted by atomic mass is 10.2. The van der Waals surface area contributed by atoms with E-state index >= 15 is 0 Å². The number of ether oxygens (including phenoxy) is 1. The van der Waals surface area contributed by atoms with Gasteiger partial charge in [0, 0.05) is 11.8 Å². The molecule has 0 fully saturated rings. The summed E-state index contributed by atoms with van der Waals surface area (Å²) < 4.78 is 4.61. The zero-order chi connectivity index (χ0) is 18.2. The third kappa shape index (κ3) is 5.08. The number of hydrogen-bond donors (Lipinski definition) is 2. The monoisotopic (exact) mass is 358 g/mol. The first-order valence-electron chi connectivity index (χ1n) is 7.03. The first-order valence-corrected chi connectivity index (χ1v) is 7.44. The lowest BCUT2D eigenvalue weighted by molar-refractivity contribution is -0.385. The summed E-state index contributed by atoms with van der Waals surface area (Å²) >= 11 is 5.08. The molecule has 128 valence electrons. The van der Waals surface area contributed by atoms with E-state index < -0.39 is 10.9 Å². The van der Waals surface area contributed by atoms with Crippen LogP contribution in [-0.2, 0) is 4.74 Å². The van der Waals surface area contributed by atoms with Crippen LogP contribution in [0.3, 0.4) is 0 Å². The standard InChI is InChI=1S/C16H14N4O4S/c1-24-15(21)11-6-8-13(9-7-11)18-16(25)19-17-10-12-4-2-3-5-14(12)20(22)23/h2-10H,1H3,(H2,18,19,25)/b17-10+. The van der Waals surface area contributed by atoms with E-state index in [4.69, 9.17) is 12.2 Å². The molecule has 0 aliphatic heterocycles. The quantitative estimate of drug-likeness (QED) is 0.278. The van der Waals surface area contributed by atoms with Crippen LogP contribution in [0.5, 0.6) is 0 Å². The van der Waals surface area contributed by atoms with Gasteiger partial charge in [0.15, 0.2) is 5.11 Å². The fourth-order valence-electron chi connectivity index (χ4n) is 1.89. The molecule has 0 aliphatic rings. The molecule has 0 aromatic heterocycles. The summed E-state index contributed by atoms with van der Waals surface area (Å²) in [5.74, 6) is -0.429. The van der Waals surface area contributed by atoms with E-state index in [0.717, 1.165) is 0 Å². The van der Waals surface area contributed by atoms with E-state index in [1.54, 1.807) is 42.5 Å². The minimum absolute atomic E-state index is 0.0506. The number of benzene rings is 2. The molecule has 2 N–H and O–H groups in total. The highest BCUT2D eigenvalue weighted by Crippen LogP contribution is 2.15. The van der Waals surface area contributed by atoms with Gasteiger partial charge in [-0.1, -0.05) is 12.1 Å². The second-order valence-corrected chi connectivity index (χ2v) is 5.12. The highest BCUT2D eigenvalue weighted by Gasteiger charge is 2.10. The van der Waals surface area contributed by atoms with Gasteiger partial charge in [0.25, 0.3) is 5.69 Å². The maximum absolute atomic E-state index is 11.4. The molecule has 0 radical (unpaired) electrons. The van der Waals surface area contributed by atoms with Crippen molar-refractivity contribution >= 4 is 40.9 Å². The second kappa shape index (κ2) is 8.50. The SMILES string of the molecule is COC(=O)c1ccc(NC(=S)N/N=C/c2ccccc2[N+](=O)[O-])cc1. The molecule has 0 atom stereocenters. The minimum atomic E-state index is -0.485. The highest BCUT2D eigenvalue weighted by atomic mass is 32.1. The number of carbonyl (C=O) groups excluding carboxylic acids is 1. The van der Waals surface area contributed by atoms with Crippen molar-refractivity contribution in [2.45, 2.75) is 0 Å². The fourth-order valence-corrected chi connectivity index (χ4v) is 2.06. The van der Waals surface area contributed by atoms with Crippen LogP contribution >= 0.6 is 12.2 Å². The normalized spacial score (nSPS) is 10.3. The number of para-hydroxylation sites is 1. The summed E-state index contributed by atoms with van der Waals surface area (Å²) in [5.41, 5.74) is 3.93. The topological polar surface area (TPSA) is 106 Å². The molecule has 0 bridgehead atoms. The second-order valence-electron chi connectivity index (χ2n) is 4.71. The van der Waals surface area contributed by atoms with E-state index in [9.17, 15) is 14.9 Å². The molecule has 0 spiro atoms. The third-order valence-corrected chi connectivity index (χ3v) is 3.26. The zero-order valence-corrected chi connectivity index (χ0v) is 13.9. The lowest BCUT2D eigenvalue weighted by Gasteiger charge is -2.07. The molecule has 25 heavy (non-hydrogen) atoms. The predicted octanol–water partition coefficient (Wildman–Crippen LogP) is 2.70. The summed E-state index contributed by atoms with van der Waals surface area (Å²) in [5, 5.41) is 17.9. The molecule has 9 heteroatoms. The molecule has 0 amide bonds. The molecule has 2 aromatic carbocycles. The summed E-state index contributed by atoms with van der Waals surface area (Å²) in [6, 6.07) is 12.7. The van der Waals surface area contributed by atoms with Crippen molar-refractivity contribution < 1.29 is 14.5 Å². The smallest absolute Gasteiger partial charge is 0.337 e. The number of hydrogen-bond acceptors (Lipinski definition) is 6. The van der Waals surface area contributed by atoms with E-state index in [1.165, 1.54) is 19.4 Å². The predicted molar refractivity (Wildman–Crippen MR) is 97.8 cm³/mol. The zero-order valence-electron chi connectivity index (χ0n) is 13.1. The van der Waals surface area contributed by atoms with Gasteiger partial charge >= 0.3 is 5.97 Å². The number of nitro benzene ring substituents is 1. The average molecular weight is 358 g/mol. The number of esters is 1. The van der Waals surface area contributed by atoms with Crippen molar-refractivity contribution in [3.8, 4) is 0 Å². The maximum Gasteiger partial charge on any atom is 0.337 e. The van der Waals surface area contributed by atoms with Crippen LogP contribution in [-0.4, -0.2) is 29.3 Å². The van der Waals surface area contributed by atoms with Gasteiger partial charge in [0.1, 0.15) is 0 Å². The van der Waals surface area contributed by atoms with Crippen molar-refractivity contribution in [2.75, 3.05) is 12.4 Å². The van der Waals surface area contributed by atoms with Gasteiger partial charge < -0.3 is 10.1 Å². The van der Waals surface area contributed by atoms with Gasteiger partial charge in [-0.2, -0.15) is 5.10 Å². The molecule has 8 nitrogen and oxygen atoms in total. The number of anilines is 1. The summed E-state index contributed by atoms with van der Waals surface area (Å²) in [6.07, 6.45) is 1.31. The lowest BCUT2D eigenvalue weighted by Crippen LogP contribution is -2.23. The van der Waals surface area contributed by atoms with Crippen LogP contribution in [0, 0.1) is 10.1 Å². The average Bonchev–Trinajstić information content (AvgIpc) is 2.62. The molecule has 0 heterocycles. The number of thiocarbonyl (C=S) groups is 1. The van der Waals surface area contributed by atoms with E-state index in [1.807, 2.05) is 0 Å². The van der Waals surface area contributed by atoms with Crippen LogP contribution in [0.25, 0.3) is 0 Å². The van der Waals surface area contributed by atoms with Gasteiger partial charge in [-0.15, -0.1) is 0 Å². The Morgan fingerprint density at radius 2 is 1.92 bits per heavy atom. The highest BCUT2D eigenvalue weighted by molar-refractivity contribution is 7.80. The molecular weight excluding hydrogens is 344 g/mol. The van der Waals surface area contributed by atoms with Gasteiger partial charge in [-0.25, -0.2) is 4.79 Å². The molecule has 0 aliphatic carbocycles. The number of carbonyl (C=O) groups is 1. The first kappa shape index (κ1) is 18.0. The summed E-state index contributed by atoms with van der Waals surface area (Å²) in [4.78, 5) is 21.8. The number of rotatable bonds is 5. The number of methoxy groups -OCH3 is 1. The van der Waals surface area contributed by atoms with Crippen LogP contribution in [0.1, 0.15) is 15.9 Å². The first-order chi connectivity index (χ1) is 12.0. The minimum Gasteiger partial charge on any atom is -0.465 e. The molecule has 0 unspecified atom stereocenters. The van der Waals surface area contributed by atoms with Crippen molar-refractivity contribution in [3.63, 3.8) is 0 Å². The number of nitrogens with zero attached hydrogens (tertiary/aromatic N) is 2. The summed E-state index contributed by atoms with van der Waals surface area (Å²) in [6.45, 7) is 0. The molecule has 2 aromatic rings. The molecule has 0 saturated carbocycles. The van der Waals surface area contributed by atoms with Crippen LogP contribution in [0.2, 0.25) is 0 Å². The van der Waals surface area contributed by atoms with Gasteiger partial charge in [-0.05, 0) is 42.5 Å². The Balaban J connectivity index is 1.95. The van der Waals surface area contributed by atoms with Crippen LogP contribution in [0.4, 0.5) is 11.4 Å². The van der Waals surface area contributed by atoms with Gasteiger partial charge in [-0.3, -0.25) is 15.5 Å². The molecule has 2 rings (SSSR count). The van der Waals surface area contributed by atoms with E-state index in [2.05, 4.69) is 20.6 Å². The maximum atomic E-state index is 11.4. The Kier molecular flexibility index (Phi) is 6.13. The Hall–Kier alpha value is -3.33. The largest absolute Gasteiger partial charge is 0.465 e. The molecule has 0 saturated heterocycles. The van der Waals surface area contributed by atoms with Crippen molar-refractivity contribution in [1.82, 2.24) is 5.43 Å². The fraction of sp³-hybridized carbons (Fsp3) is 0.0625. The van der Waals surface area contributed by atoms with Gasteiger partial charge in [0.05, 0.1) is 29.4 Å². The van der Waals surface area contributed by atoms with Crippen LogP contribution < -0.4 is 10.7 Å². The van der Waals surface area contributed by atoms with Gasteiger partial charge in [0.2, 0.25) is 0 Å². The Morgan fingerprint density at radius 3 is 2.56 bits per heavy atom. The van der Waals surface area contributed by atoms with Crippen molar-refractivity contribution in [1.29, 1.82) is 0 Å². The summed E-state index contributed by atoms with van der Waals surface area (Å²) in [7, 11) is 1.31. The Morgan fingerprint density at radius 1 is 1.24 bits per heavy atom. The molecular formula is C16H14N4O4S.